The predicted octanol–water partition coefficient (Wildman–Crippen LogP) is 2.24. The number of hydrogen-bond acceptors (Lipinski definition) is 4. The number of fused-ring (bicyclic) bond motifs is 1. The molecule has 0 aromatic heterocycles. The van der Waals surface area contributed by atoms with Crippen molar-refractivity contribution in [1.82, 2.24) is 10.2 Å². The third-order valence-electron chi connectivity index (χ3n) is 3.47. The number of ether oxygens (including phenoxy) is 1. The van der Waals surface area contributed by atoms with E-state index in [1.807, 2.05) is 32.3 Å². The van der Waals surface area contributed by atoms with Gasteiger partial charge in [0.15, 0.2) is 0 Å². The van der Waals surface area contributed by atoms with E-state index in [4.69, 9.17) is 4.74 Å². The molecule has 0 atom stereocenters. The summed E-state index contributed by atoms with van der Waals surface area (Å²) >= 11 is 0. The van der Waals surface area contributed by atoms with Crippen LogP contribution >= 0.6 is 0 Å². The van der Waals surface area contributed by atoms with Gasteiger partial charge in [0.25, 0.3) is 5.91 Å². The molecule has 5 nitrogen and oxygen atoms in total. The van der Waals surface area contributed by atoms with Crippen LogP contribution in [0.15, 0.2) is 30.3 Å². The molecular formula is C17H22N2O3. The zero-order chi connectivity index (χ0) is 16.1. The standard InChI is InChI=1S/C17H22N2O3/c1-19(2)8-4-7-18-17(21)15-10-13-9-14(22-3)6-5-12(13)11-16(15)20/h5-6,9-11,20H,4,7-8H2,1-3H3,(H,18,21). The summed E-state index contributed by atoms with van der Waals surface area (Å²) in [4.78, 5) is 14.3. The second kappa shape index (κ2) is 7.13. The lowest BCUT2D eigenvalue weighted by molar-refractivity contribution is 0.0950. The smallest absolute Gasteiger partial charge is 0.255 e. The van der Waals surface area contributed by atoms with Crippen molar-refractivity contribution in [3.8, 4) is 11.5 Å². The van der Waals surface area contributed by atoms with Crippen LogP contribution in [-0.4, -0.2) is 50.2 Å². The number of hydrogen-bond donors (Lipinski definition) is 2. The molecule has 2 aromatic carbocycles. The molecule has 22 heavy (non-hydrogen) atoms. The van der Waals surface area contributed by atoms with Crippen LogP contribution < -0.4 is 10.1 Å². The minimum atomic E-state index is -0.263. The van der Waals surface area contributed by atoms with E-state index in [0.717, 1.165) is 29.5 Å². The van der Waals surface area contributed by atoms with Crippen molar-refractivity contribution in [3.63, 3.8) is 0 Å². The zero-order valence-corrected chi connectivity index (χ0v) is 13.2. The van der Waals surface area contributed by atoms with Gasteiger partial charge >= 0.3 is 0 Å². The van der Waals surface area contributed by atoms with Gasteiger partial charge in [-0.3, -0.25) is 4.79 Å². The van der Waals surface area contributed by atoms with Crippen molar-refractivity contribution >= 4 is 16.7 Å². The van der Waals surface area contributed by atoms with Gasteiger partial charge in [0.2, 0.25) is 0 Å². The second-order valence-corrected chi connectivity index (χ2v) is 5.50. The number of phenolic OH excluding ortho intramolecular Hbond substituents is 1. The van der Waals surface area contributed by atoms with Crippen LogP contribution in [0.25, 0.3) is 10.8 Å². The van der Waals surface area contributed by atoms with Crippen molar-refractivity contribution in [1.29, 1.82) is 0 Å². The maximum Gasteiger partial charge on any atom is 0.255 e. The molecule has 0 aliphatic carbocycles. The quantitative estimate of drug-likeness (QED) is 0.803. The van der Waals surface area contributed by atoms with Gasteiger partial charge in [-0.1, -0.05) is 6.07 Å². The Morgan fingerprint density at radius 1 is 1.23 bits per heavy atom. The van der Waals surface area contributed by atoms with Gasteiger partial charge in [0, 0.05) is 6.54 Å². The maximum atomic E-state index is 12.2. The molecule has 2 N–H and O–H groups in total. The number of nitrogens with one attached hydrogen (secondary N) is 1. The first kappa shape index (κ1) is 16.1. The SMILES string of the molecule is COc1ccc2cc(O)c(C(=O)NCCCN(C)C)cc2c1. The Morgan fingerprint density at radius 3 is 2.68 bits per heavy atom. The first-order valence-electron chi connectivity index (χ1n) is 7.25. The first-order valence-corrected chi connectivity index (χ1v) is 7.25. The topological polar surface area (TPSA) is 61.8 Å². The molecule has 2 rings (SSSR count). The summed E-state index contributed by atoms with van der Waals surface area (Å²) in [6.07, 6.45) is 0.862. The minimum absolute atomic E-state index is 0.0113. The van der Waals surface area contributed by atoms with Crippen LogP contribution in [0, 0.1) is 0 Å². The lowest BCUT2D eigenvalue weighted by Gasteiger charge is -2.11. The molecule has 0 bridgehead atoms. The third kappa shape index (κ3) is 3.89. The largest absolute Gasteiger partial charge is 0.507 e. The maximum absolute atomic E-state index is 12.2. The molecule has 0 saturated heterocycles. The molecule has 0 heterocycles. The Morgan fingerprint density at radius 2 is 2.00 bits per heavy atom. The van der Waals surface area contributed by atoms with Crippen molar-refractivity contribution < 1.29 is 14.6 Å². The Hall–Kier alpha value is -2.27. The van der Waals surface area contributed by atoms with E-state index in [1.54, 1.807) is 19.2 Å². The highest BCUT2D eigenvalue weighted by Crippen LogP contribution is 2.27. The monoisotopic (exact) mass is 302 g/mol. The fourth-order valence-corrected chi connectivity index (χ4v) is 2.27. The van der Waals surface area contributed by atoms with E-state index in [1.165, 1.54) is 0 Å². The average molecular weight is 302 g/mol. The molecule has 0 radical (unpaired) electrons. The van der Waals surface area contributed by atoms with Gasteiger partial charge in [-0.05, 0) is 62.1 Å². The fourth-order valence-electron chi connectivity index (χ4n) is 2.27. The molecule has 0 aliphatic heterocycles. The van der Waals surface area contributed by atoms with E-state index in [9.17, 15) is 9.90 Å². The van der Waals surface area contributed by atoms with Crippen molar-refractivity contribution in [2.45, 2.75) is 6.42 Å². The summed E-state index contributed by atoms with van der Waals surface area (Å²) in [5.74, 6) is 0.444. The fraction of sp³-hybridized carbons (Fsp3) is 0.353. The molecular weight excluding hydrogens is 280 g/mol. The van der Waals surface area contributed by atoms with Gasteiger partial charge in [0.05, 0.1) is 12.7 Å². The molecule has 0 spiro atoms. The molecule has 0 saturated carbocycles. The summed E-state index contributed by atoms with van der Waals surface area (Å²) in [6, 6.07) is 8.81. The van der Waals surface area contributed by atoms with E-state index >= 15 is 0 Å². The number of phenols is 1. The molecule has 0 unspecified atom stereocenters. The van der Waals surface area contributed by atoms with Gasteiger partial charge in [0.1, 0.15) is 11.5 Å². The predicted molar refractivity (Wildman–Crippen MR) is 87.7 cm³/mol. The van der Waals surface area contributed by atoms with Crippen LogP contribution in [0.2, 0.25) is 0 Å². The number of methoxy groups -OCH3 is 1. The van der Waals surface area contributed by atoms with Crippen LogP contribution in [0.1, 0.15) is 16.8 Å². The van der Waals surface area contributed by atoms with E-state index in [-0.39, 0.29) is 17.2 Å². The highest BCUT2D eigenvalue weighted by molar-refractivity contribution is 6.01. The van der Waals surface area contributed by atoms with E-state index in [0.29, 0.717) is 6.54 Å². The molecule has 0 fully saturated rings. The Bertz CT molecular complexity index is 668. The summed E-state index contributed by atoms with van der Waals surface area (Å²) in [5.41, 5.74) is 0.283. The Kier molecular flexibility index (Phi) is 5.22. The van der Waals surface area contributed by atoms with Crippen molar-refractivity contribution in [2.75, 3.05) is 34.3 Å². The van der Waals surface area contributed by atoms with Gasteiger partial charge in [-0.2, -0.15) is 0 Å². The summed E-state index contributed by atoms with van der Waals surface area (Å²) in [6.45, 7) is 1.48. The van der Waals surface area contributed by atoms with Gasteiger partial charge < -0.3 is 20.1 Å². The van der Waals surface area contributed by atoms with E-state index < -0.39 is 0 Å². The number of benzene rings is 2. The van der Waals surface area contributed by atoms with Crippen LogP contribution in [0.4, 0.5) is 0 Å². The summed E-state index contributed by atoms with van der Waals surface area (Å²) in [7, 11) is 5.58. The molecule has 2 aromatic rings. The van der Waals surface area contributed by atoms with E-state index in [2.05, 4.69) is 10.2 Å². The molecule has 118 valence electrons. The van der Waals surface area contributed by atoms with Gasteiger partial charge in [-0.15, -0.1) is 0 Å². The summed E-state index contributed by atoms with van der Waals surface area (Å²) in [5, 5.41) is 14.6. The third-order valence-corrected chi connectivity index (χ3v) is 3.47. The average Bonchev–Trinajstić information content (AvgIpc) is 2.50. The number of nitrogens with zero attached hydrogens (tertiary/aromatic N) is 1. The lowest BCUT2D eigenvalue weighted by Crippen LogP contribution is -2.27. The molecule has 1 amide bonds. The highest BCUT2D eigenvalue weighted by atomic mass is 16.5. The van der Waals surface area contributed by atoms with Crippen LogP contribution in [0.5, 0.6) is 11.5 Å². The number of rotatable bonds is 6. The van der Waals surface area contributed by atoms with Crippen LogP contribution in [-0.2, 0) is 0 Å². The minimum Gasteiger partial charge on any atom is -0.507 e. The second-order valence-electron chi connectivity index (χ2n) is 5.50. The zero-order valence-electron chi connectivity index (χ0n) is 13.2. The van der Waals surface area contributed by atoms with Crippen LogP contribution in [0.3, 0.4) is 0 Å². The molecule has 0 aliphatic rings. The number of amides is 1. The number of carbonyl (C=O) groups is 1. The number of carbonyl (C=O) groups excluding carboxylic acids is 1. The Labute approximate surface area is 130 Å². The Balaban J connectivity index is 2.15. The van der Waals surface area contributed by atoms with Crippen molar-refractivity contribution in [2.24, 2.45) is 0 Å². The normalized spacial score (nSPS) is 10.9. The van der Waals surface area contributed by atoms with Crippen molar-refractivity contribution in [3.05, 3.63) is 35.9 Å². The molecule has 5 heteroatoms. The highest BCUT2D eigenvalue weighted by Gasteiger charge is 2.12. The lowest BCUT2D eigenvalue weighted by atomic mass is 10.0. The number of aromatic hydroxyl groups is 1. The summed E-state index contributed by atoms with van der Waals surface area (Å²) < 4.78 is 5.19. The first-order chi connectivity index (χ1) is 10.5. The van der Waals surface area contributed by atoms with Gasteiger partial charge in [-0.25, -0.2) is 0 Å².